The Morgan fingerprint density at radius 2 is 2.00 bits per heavy atom. The van der Waals surface area contributed by atoms with Gasteiger partial charge in [0.25, 0.3) is 0 Å². The zero-order valence-corrected chi connectivity index (χ0v) is 10.5. The van der Waals surface area contributed by atoms with Crippen LogP contribution in [0.1, 0.15) is 17.4 Å². The maximum absolute atomic E-state index is 10.4. The first-order chi connectivity index (χ1) is 9.28. The molecule has 0 bridgehead atoms. The van der Waals surface area contributed by atoms with Gasteiger partial charge in [0.05, 0.1) is 18.8 Å². The molecule has 0 aliphatic heterocycles. The number of fused-ring (bicyclic) bond motifs is 1. The van der Waals surface area contributed by atoms with Crippen LogP contribution in [0.25, 0.3) is 10.9 Å². The van der Waals surface area contributed by atoms with Gasteiger partial charge in [-0.15, -0.1) is 0 Å². The minimum Gasteiger partial charge on any atom is -0.497 e. The van der Waals surface area contributed by atoms with Crippen LogP contribution < -0.4 is 4.74 Å². The summed E-state index contributed by atoms with van der Waals surface area (Å²) in [6.45, 7) is 0. The molecule has 0 spiro atoms. The van der Waals surface area contributed by atoms with Crippen LogP contribution in [0, 0.1) is 0 Å². The molecular formula is C15H14N2O2. The van der Waals surface area contributed by atoms with Crippen molar-refractivity contribution >= 4 is 10.9 Å². The number of benzene rings is 1. The van der Waals surface area contributed by atoms with E-state index in [9.17, 15) is 5.11 Å². The Morgan fingerprint density at radius 3 is 2.68 bits per heavy atom. The molecule has 1 aromatic carbocycles. The number of ether oxygens (including phenoxy) is 1. The molecule has 19 heavy (non-hydrogen) atoms. The van der Waals surface area contributed by atoms with E-state index < -0.39 is 6.10 Å². The number of hydrogen-bond acceptors (Lipinski definition) is 3. The number of aromatic nitrogens is 2. The fourth-order valence-electron chi connectivity index (χ4n) is 2.11. The molecule has 3 aromatic rings. The fourth-order valence-corrected chi connectivity index (χ4v) is 2.11. The number of aromatic amines is 1. The van der Waals surface area contributed by atoms with Gasteiger partial charge in [-0.2, -0.15) is 0 Å². The van der Waals surface area contributed by atoms with Gasteiger partial charge in [-0.1, -0.05) is 12.1 Å². The number of rotatable bonds is 3. The SMILES string of the molecule is COc1ccc([C@@H](O)c2cc3ccncc3[nH]2)cc1. The maximum atomic E-state index is 10.4. The van der Waals surface area contributed by atoms with Gasteiger partial charge in [0.1, 0.15) is 11.9 Å². The number of pyridine rings is 1. The first kappa shape index (κ1) is 11.7. The van der Waals surface area contributed by atoms with Crippen molar-refractivity contribution in [3.8, 4) is 5.75 Å². The second-order valence-electron chi connectivity index (χ2n) is 4.36. The van der Waals surface area contributed by atoms with Crippen molar-refractivity contribution < 1.29 is 9.84 Å². The highest BCUT2D eigenvalue weighted by molar-refractivity contribution is 5.79. The monoisotopic (exact) mass is 254 g/mol. The topological polar surface area (TPSA) is 58.1 Å². The van der Waals surface area contributed by atoms with Crippen LogP contribution >= 0.6 is 0 Å². The number of H-pyrrole nitrogens is 1. The van der Waals surface area contributed by atoms with Crippen LogP contribution in [0.15, 0.2) is 48.8 Å². The molecule has 0 fully saturated rings. The molecule has 96 valence electrons. The molecule has 0 unspecified atom stereocenters. The molecular weight excluding hydrogens is 240 g/mol. The number of methoxy groups -OCH3 is 1. The normalized spacial score (nSPS) is 12.5. The van der Waals surface area contributed by atoms with Gasteiger partial charge in [-0.05, 0) is 29.8 Å². The van der Waals surface area contributed by atoms with E-state index >= 15 is 0 Å². The predicted molar refractivity (Wildman–Crippen MR) is 73.1 cm³/mol. The van der Waals surface area contributed by atoms with Crippen molar-refractivity contribution in [1.29, 1.82) is 0 Å². The lowest BCUT2D eigenvalue weighted by Crippen LogP contribution is -1.99. The summed E-state index contributed by atoms with van der Waals surface area (Å²) in [6, 6.07) is 11.2. The van der Waals surface area contributed by atoms with E-state index in [4.69, 9.17) is 4.74 Å². The summed E-state index contributed by atoms with van der Waals surface area (Å²) in [6.07, 6.45) is 2.80. The lowest BCUT2D eigenvalue weighted by Gasteiger charge is -2.09. The smallest absolute Gasteiger partial charge is 0.119 e. The summed E-state index contributed by atoms with van der Waals surface area (Å²) < 4.78 is 5.10. The summed E-state index contributed by atoms with van der Waals surface area (Å²) in [5, 5.41) is 11.4. The highest BCUT2D eigenvalue weighted by Crippen LogP contribution is 2.25. The minimum atomic E-state index is -0.682. The van der Waals surface area contributed by atoms with E-state index in [1.165, 1.54) is 0 Å². The van der Waals surface area contributed by atoms with Crippen LogP contribution in [-0.2, 0) is 0 Å². The van der Waals surface area contributed by atoms with Gasteiger partial charge in [0.15, 0.2) is 0 Å². The first-order valence-electron chi connectivity index (χ1n) is 6.02. The Balaban J connectivity index is 1.95. The molecule has 2 heterocycles. The Labute approximate surface area is 110 Å². The molecule has 2 N–H and O–H groups in total. The Hall–Kier alpha value is -2.33. The molecule has 0 aliphatic carbocycles. The maximum Gasteiger partial charge on any atom is 0.119 e. The standard InChI is InChI=1S/C15H14N2O2/c1-19-12-4-2-10(3-5-12)15(18)13-8-11-6-7-16-9-14(11)17-13/h2-9,15,17-18H,1H3/t15-/m1/s1. The summed E-state index contributed by atoms with van der Waals surface area (Å²) >= 11 is 0. The summed E-state index contributed by atoms with van der Waals surface area (Å²) in [7, 11) is 1.62. The van der Waals surface area contributed by atoms with Crippen LogP contribution in [0.2, 0.25) is 0 Å². The highest BCUT2D eigenvalue weighted by Gasteiger charge is 2.13. The summed E-state index contributed by atoms with van der Waals surface area (Å²) in [4.78, 5) is 7.23. The van der Waals surface area contributed by atoms with Crippen LogP contribution in [0.4, 0.5) is 0 Å². The first-order valence-corrected chi connectivity index (χ1v) is 6.02. The van der Waals surface area contributed by atoms with E-state index in [1.807, 2.05) is 36.4 Å². The highest BCUT2D eigenvalue weighted by atomic mass is 16.5. The zero-order chi connectivity index (χ0) is 13.2. The average molecular weight is 254 g/mol. The molecule has 2 aromatic heterocycles. The van der Waals surface area contributed by atoms with Gasteiger partial charge in [0, 0.05) is 17.3 Å². The third-order valence-corrected chi connectivity index (χ3v) is 3.17. The van der Waals surface area contributed by atoms with Crippen molar-refractivity contribution in [2.24, 2.45) is 0 Å². The molecule has 0 saturated heterocycles. The van der Waals surface area contributed by atoms with Gasteiger partial charge in [-0.25, -0.2) is 0 Å². The van der Waals surface area contributed by atoms with Crippen molar-refractivity contribution in [3.63, 3.8) is 0 Å². The predicted octanol–water partition coefficient (Wildman–Crippen LogP) is 2.65. The Kier molecular flexibility index (Phi) is 2.93. The van der Waals surface area contributed by atoms with E-state index in [1.54, 1.807) is 19.5 Å². The van der Waals surface area contributed by atoms with Crippen molar-refractivity contribution in [3.05, 3.63) is 60.0 Å². The largest absolute Gasteiger partial charge is 0.497 e. The van der Waals surface area contributed by atoms with Gasteiger partial charge < -0.3 is 14.8 Å². The number of aliphatic hydroxyl groups excluding tert-OH is 1. The number of aliphatic hydroxyl groups is 1. The van der Waals surface area contributed by atoms with Gasteiger partial charge >= 0.3 is 0 Å². The minimum absolute atomic E-state index is 0.682. The van der Waals surface area contributed by atoms with Crippen LogP contribution in [-0.4, -0.2) is 22.2 Å². The van der Waals surface area contributed by atoms with Crippen molar-refractivity contribution in [1.82, 2.24) is 9.97 Å². The molecule has 0 amide bonds. The molecule has 0 saturated carbocycles. The lowest BCUT2D eigenvalue weighted by atomic mass is 10.1. The third-order valence-electron chi connectivity index (χ3n) is 3.17. The van der Waals surface area contributed by atoms with E-state index in [0.29, 0.717) is 0 Å². The van der Waals surface area contributed by atoms with Crippen molar-refractivity contribution in [2.75, 3.05) is 7.11 Å². The quantitative estimate of drug-likeness (QED) is 0.755. The summed E-state index contributed by atoms with van der Waals surface area (Å²) in [5.41, 5.74) is 2.50. The second kappa shape index (κ2) is 4.74. The Morgan fingerprint density at radius 1 is 1.21 bits per heavy atom. The van der Waals surface area contributed by atoms with Gasteiger partial charge in [0.2, 0.25) is 0 Å². The lowest BCUT2D eigenvalue weighted by molar-refractivity contribution is 0.216. The van der Waals surface area contributed by atoms with E-state index in [2.05, 4.69) is 9.97 Å². The van der Waals surface area contributed by atoms with Crippen LogP contribution in [0.3, 0.4) is 0 Å². The average Bonchev–Trinajstić information content (AvgIpc) is 2.90. The molecule has 1 atom stereocenters. The number of nitrogens with zero attached hydrogens (tertiary/aromatic N) is 1. The Bertz CT molecular complexity index is 656. The fraction of sp³-hybridized carbons (Fsp3) is 0.133. The molecule has 0 radical (unpaired) electrons. The number of hydrogen-bond donors (Lipinski definition) is 2. The second-order valence-corrected chi connectivity index (χ2v) is 4.36. The molecule has 4 heteroatoms. The zero-order valence-electron chi connectivity index (χ0n) is 10.5. The third kappa shape index (κ3) is 2.18. The van der Waals surface area contributed by atoms with Gasteiger partial charge in [-0.3, -0.25) is 4.98 Å². The van der Waals surface area contributed by atoms with Crippen molar-refractivity contribution in [2.45, 2.75) is 6.10 Å². The van der Waals surface area contributed by atoms with E-state index in [0.717, 1.165) is 27.9 Å². The molecule has 4 nitrogen and oxygen atoms in total. The van der Waals surface area contributed by atoms with Crippen LogP contribution in [0.5, 0.6) is 5.75 Å². The molecule has 0 aliphatic rings. The summed E-state index contributed by atoms with van der Waals surface area (Å²) in [5.74, 6) is 0.775. The number of nitrogens with one attached hydrogen (secondary N) is 1. The molecule has 3 rings (SSSR count). The van der Waals surface area contributed by atoms with E-state index in [-0.39, 0.29) is 0 Å².